The van der Waals surface area contributed by atoms with Crippen LogP contribution in [0.2, 0.25) is 5.15 Å². The Bertz CT molecular complexity index is 1900. The van der Waals surface area contributed by atoms with Gasteiger partial charge in [0.15, 0.2) is 11.7 Å². The summed E-state index contributed by atoms with van der Waals surface area (Å²) in [6, 6.07) is 20.0. The van der Waals surface area contributed by atoms with Gasteiger partial charge in [-0.3, -0.25) is 19.3 Å². The minimum absolute atomic E-state index is 0.0310. The maximum atomic E-state index is 13.4. The average molecular weight is 610 g/mol. The highest BCUT2D eigenvalue weighted by Gasteiger charge is 2.20. The zero-order valence-electron chi connectivity index (χ0n) is 24.6. The molecule has 1 aliphatic rings. The predicted octanol–water partition coefficient (Wildman–Crippen LogP) is 5.55. The van der Waals surface area contributed by atoms with Crippen LogP contribution in [0, 0.1) is 6.92 Å². The van der Waals surface area contributed by atoms with Crippen LogP contribution in [-0.2, 0) is 7.05 Å². The number of hydrogen-bond donors (Lipinski definition) is 3. The number of carbonyl (C=O) groups excluding carboxylic acids is 2. The molecule has 0 radical (unpaired) electrons. The smallest absolute Gasteiger partial charge is 0.260 e. The van der Waals surface area contributed by atoms with Gasteiger partial charge in [-0.25, -0.2) is 0 Å². The van der Waals surface area contributed by atoms with Gasteiger partial charge in [-0.15, -0.1) is 0 Å². The van der Waals surface area contributed by atoms with E-state index in [9.17, 15) is 14.7 Å². The summed E-state index contributed by atoms with van der Waals surface area (Å²) in [6.07, 6.45) is 1.63. The Morgan fingerprint density at radius 2 is 1.73 bits per heavy atom. The van der Waals surface area contributed by atoms with Crippen LogP contribution in [0.4, 0.5) is 17.1 Å². The van der Waals surface area contributed by atoms with E-state index in [1.54, 1.807) is 62.7 Å². The van der Waals surface area contributed by atoms with Gasteiger partial charge in [0.1, 0.15) is 5.15 Å². The molecule has 3 N–H and O–H groups in total. The SMILES string of the molecule is Cc1nn(C)c(Cl)c1C(=O)Nc1cccc(C(=O)c2ccc3c(C=Nc4ccc(N5CCN(C)CC5)cc4)c(O)[nH]c3c2)c1. The number of carbonyl (C=O) groups is 2. The molecule has 224 valence electrons. The normalized spacial score (nSPS) is 14.0. The maximum absolute atomic E-state index is 13.4. The van der Waals surface area contributed by atoms with Crippen molar-refractivity contribution >= 4 is 57.5 Å². The van der Waals surface area contributed by atoms with Crippen LogP contribution >= 0.6 is 11.6 Å². The molecule has 3 heterocycles. The number of hydrogen-bond acceptors (Lipinski definition) is 7. The highest BCUT2D eigenvalue weighted by molar-refractivity contribution is 6.33. The number of piperazine rings is 1. The van der Waals surface area contributed by atoms with Gasteiger partial charge < -0.3 is 25.2 Å². The fraction of sp³-hybridized carbons (Fsp3) is 0.212. The third-order valence-electron chi connectivity index (χ3n) is 7.90. The highest BCUT2D eigenvalue weighted by Crippen LogP contribution is 2.29. The van der Waals surface area contributed by atoms with Crippen molar-refractivity contribution < 1.29 is 14.7 Å². The Morgan fingerprint density at radius 1 is 1.00 bits per heavy atom. The predicted molar refractivity (Wildman–Crippen MR) is 174 cm³/mol. The monoisotopic (exact) mass is 609 g/mol. The first-order valence-corrected chi connectivity index (χ1v) is 14.6. The van der Waals surface area contributed by atoms with Gasteiger partial charge in [-0.05, 0) is 56.4 Å². The van der Waals surface area contributed by atoms with Crippen LogP contribution in [0.25, 0.3) is 10.9 Å². The van der Waals surface area contributed by atoms with Crippen molar-refractivity contribution in [2.45, 2.75) is 6.92 Å². The van der Waals surface area contributed by atoms with Crippen LogP contribution in [0.1, 0.15) is 37.5 Å². The molecule has 0 aliphatic carbocycles. The number of nitrogens with one attached hydrogen (secondary N) is 2. The number of aromatic amines is 1. The molecule has 0 bridgehead atoms. The second kappa shape index (κ2) is 12.0. The molecule has 1 amide bonds. The summed E-state index contributed by atoms with van der Waals surface area (Å²) in [5, 5.41) is 18.6. The molecule has 6 rings (SSSR count). The number of anilines is 2. The average Bonchev–Trinajstić information content (AvgIpc) is 3.48. The lowest BCUT2D eigenvalue weighted by molar-refractivity contribution is 0.102. The molecule has 10 nitrogen and oxygen atoms in total. The minimum Gasteiger partial charge on any atom is -0.494 e. The first-order valence-electron chi connectivity index (χ1n) is 14.3. The van der Waals surface area contributed by atoms with Gasteiger partial charge in [-0.2, -0.15) is 5.10 Å². The summed E-state index contributed by atoms with van der Waals surface area (Å²) in [5.41, 5.74) is 5.15. The van der Waals surface area contributed by atoms with Gasteiger partial charge >= 0.3 is 0 Å². The van der Waals surface area contributed by atoms with E-state index in [-0.39, 0.29) is 22.4 Å². The van der Waals surface area contributed by atoms with E-state index in [0.29, 0.717) is 33.6 Å². The number of halogens is 1. The minimum atomic E-state index is -0.409. The van der Waals surface area contributed by atoms with E-state index >= 15 is 0 Å². The quantitative estimate of drug-likeness (QED) is 0.164. The molecule has 1 saturated heterocycles. The van der Waals surface area contributed by atoms with Crippen molar-refractivity contribution in [3.05, 3.63) is 99.8 Å². The number of aromatic hydroxyl groups is 1. The molecule has 11 heteroatoms. The second-order valence-electron chi connectivity index (χ2n) is 11.0. The van der Waals surface area contributed by atoms with E-state index < -0.39 is 5.91 Å². The number of aliphatic imine (C=N–C) groups is 1. The Morgan fingerprint density at radius 3 is 2.43 bits per heavy atom. The fourth-order valence-corrected chi connectivity index (χ4v) is 5.68. The van der Waals surface area contributed by atoms with Gasteiger partial charge in [0.05, 0.1) is 22.5 Å². The van der Waals surface area contributed by atoms with Gasteiger partial charge in [0.2, 0.25) is 0 Å². The van der Waals surface area contributed by atoms with Crippen LogP contribution in [0.15, 0.2) is 71.7 Å². The molecular weight excluding hydrogens is 578 g/mol. The Hall–Kier alpha value is -4.93. The lowest BCUT2D eigenvalue weighted by atomic mass is 10.0. The summed E-state index contributed by atoms with van der Waals surface area (Å²) in [5.74, 6) is -0.673. The van der Waals surface area contributed by atoms with E-state index in [1.165, 1.54) is 10.4 Å². The largest absolute Gasteiger partial charge is 0.494 e. The molecule has 0 unspecified atom stereocenters. The Labute approximate surface area is 259 Å². The summed E-state index contributed by atoms with van der Waals surface area (Å²) in [6.45, 7) is 5.78. The highest BCUT2D eigenvalue weighted by atomic mass is 35.5. The molecule has 44 heavy (non-hydrogen) atoms. The molecule has 3 aromatic carbocycles. The summed E-state index contributed by atoms with van der Waals surface area (Å²) < 4.78 is 1.43. The molecule has 0 atom stereocenters. The van der Waals surface area contributed by atoms with Gasteiger partial charge in [-0.1, -0.05) is 35.9 Å². The maximum Gasteiger partial charge on any atom is 0.260 e. The standard InChI is InChI=1S/C33H32ClN7O3/c1-20-29(31(34)40(3)38-20)33(44)36-24-6-4-5-21(17-24)30(42)22-7-12-26-27(32(43)37-28(26)18-22)19-35-23-8-10-25(11-9-23)41-15-13-39(2)14-16-41/h4-12,17-19,37,43H,13-16H2,1-3H3,(H,36,44). The number of benzene rings is 3. The van der Waals surface area contributed by atoms with Crippen molar-refractivity contribution in [3.8, 4) is 5.88 Å². The Balaban J connectivity index is 1.17. The number of H-pyrrole nitrogens is 1. The molecule has 5 aromatic rings. The Kier molecular flexibility index (Phi) is 7.94. The number of amides is 1. The number of fused-ring (bicyclic) bond motifs is 1. The molecule has 1 aliphatic heterocycles. The number of rotatable bonds is 7. The zero-order chi connectivity index (χ0) is 31.0. The molecular formula is C33H32ClN7O3. The molecule has 1 fully saturated rings. The lowest BCUT2D eigenvalue weighted by Crippen LogP contribution is -2.44. The number of aromatic nitrogens is 3. The van der Waals surface area contributed by atoms with E-state index in [0.717, 1.165) is 37.3 Å². The third-order valence-corrected chi connectivity index (χ3v) is 8.34. The third kappa shape index (κ3) is 5.82. The van der Waals surface area contributed by atoms with Crippen molar-refractivity contribution in [2.75, 3.05) is 43.4 Å². The summed E-state index contributed by atoms with van der Waals surface area (Å²) in [4.78, 5) is 38.5. The fourth-order valence-electron chi connectivity index (χ4n) is 5.42. The molecule has 0 saturated carbocycles. The number of ketones is 1. The van der Waals surface area contributed by atoms with Crippen LogP contribution in [-0.4, -0.2) is 75.9 Å². The summed E-state index contributed by atoms with van der Waals surface area (Å²) >= 11 is 6.24. The van der Waals surface area contributed by atoms with Crippen molar-refractivity contribution in [1.29, 1.82) is 0 Å². The molecule has 0 spiro atoms. The molecule has 2 aromatic heterocycles. The van der Waals surface area contributed by atoms with Crippen molar-refractivity contribution in [3.63, 3.8) is 0 Å². The van der Waals surface area contributed by atoms with E-state index in [4.69, 9.17) is 11.6 Å². The lowest BCUT2D eigenvalue weighted by Gasteiger charge is -2.34. The van der Waals surface area contributed by atoms with Crippen LogP contribution < -0.4 is 10.2 Å². The number of likely N-dealkylation sites (N-methyl/N-ethyl adjacent to an activating group) is 1. The number of aryl methyl sites for hydroxylation is 2. The summed E-state index contributed by atoms with van der Waals surface area (Å²) in [7, 11) is 3.80. The first kappa shape index (κ1) is 29.2. The van der Waals surface area contributed by atoms with Crippen LogP contribution in [0.3, 0.4) is 0 Å². The van der Waals surface area contributed by atoms with Crippen molar-refractivity contribution in [2.24, 2.45) is 12.0 Å². The number of nitrogens with zero attached hydrogens (tertiary/aromatic N) is 5. The van der Waals surface area contributed by atoms with Crippen LogP contribution in [0.5, 0.6) is 5.88 Å². The van der Waals surface area contributed by atoms with Gasteiger partial charge in [0, 0.05) is 72.8 Å². The van der Waals surface area contributed by atoms with Gasteiger partial charge in [0.25, 0.3) is 5.91 Å². The topological polar surface area (TPSA) is 119 Å². The van der Waals surface area contributed by atoms with E-state index in [1.807, 2.05) is 12.1 Å². The van der Waals surface area contributed by atoms with Crippen molar-refractivity contribution in [1.82, 2.24) is 19.7 Å². The second-order valence-corrected chi connectivity index (χ2v) is 11.3. The zero-order valence-corrected chi connectivity index (χ0v) is 25.4. The first-order chi connectivity index (χ1) is 21.2. The van der Waals surface area contributed by atoms with E-state index in [2.05, 4.69) is 49.4 Å².